The minimum absolute atomic E-state index is 0.239. The molecule has 0 aromatic heterocycles. The molecule has 8 nitrogen and oxygen atoms in total. The van der Waals surface area contributed by atoms with Gasteiger partial charge in [0.1, 0.15) is 23.0 Å². The molecule has 0 heterocycles. The van der Waals surface area contributed by atoms with E-state index in [1.807, 2.05) is 0 Å². The highest BCUT2D eigenvalue weighted by atomic mass is 19.4. The summed E-state index contributed by atoms with van der Waals surface area (Å²) in [5.74, 6) is -7.60. The Bertz CT molecular complexity index is 1580. The predicted molar refractivity (Wildman–Crippen MR) is 132 cm³/mol. The van der Waals surface area contributed by atoms with Crippen molar-refractivity contribution in [3.8, 4) is 23.0 Å². The molecule has 0 aliphatic carbocycles. The lowest BCUT2D eigenvalue weighted by atomic mass is 9.83. The van der Waals surface area contributed by atoms with Crippen molar-refractivity contribution in [1.29, 1.82) is 0 Å². The normalized spacial score (nSPS) is 13.2. The molecule has 0 N–H and O–H groups in total. The fourth-order valence-electron chi connectivity index (χ4n) is 3.87. The van der Waals surface area contributed by atoms with Crippen LogP contribution in [0.2, 0.25) is 0 Å². The Morgan fingerprint density at radius 1 is 0.537 bits per heavy atom. The van der Waals surface area contributed by atoms with Crippen LogP contribution in [0.1, 0.15) is 11.1 Å². The van der Waals surface area contributed by atoms with Crippen LogP contribution in [-0.2, 0) is 11.6 Å². The highest BCUT2D eigenvalue weighted by molar-refractivity contribution is 5.49. The number of nitrogens with zero attached hydrogens (tertiary/aromatic N) is 2. The molecule has 0 radical (unpaired) electrons. The summed E-state index contributed by atoms with van der Waals surface area (Å²) < 4.78 is 102. The summed E-state index contributed by atoms with van der Waals surface area (Å²) >= 11 is 0. The molecule has 4 aromatic carbocycles. The van der Waals surface area contributed by atoms with Crippen LogP contribution in [0.5, 0.6) is 23.0 Å². The van der Waals surface area contributed by atoms with E-state index in [-0.39, 0.29) is 22.9 Å². The molecule has 4 aromatic rings. The van der Waals surface area contributed by atoms with Gasteiger partial charge in [-0.3, -0.25) is 20.2 Å². The lowest BCUT2D eigenvalue weighted by molar-refractivity contribution is -0.385. The molecule has 4 rings (SSSR count). The van der Waals surface area contributed by atoms with E-state index in [0.29, 0.717) is 12.1 Å². The van der Waals surface area contributed by atoms with Gasteiger partial charge in [0, 0.05) is 29.8 Å². The van der Waals surface area contributed by atoms with Gasteiger partial charge < -0.3 is 9.47 Å². The third kappa shape index (κ3) is 5.48. The van der Waals surface area contributed by atoms with Crippen LogP contribution < -0.4 is 9.47 Å². The molecule has 0 saturated carbocycles. The number of nitro groups is 2. The van der Waals surface area contributed by atoms with Gasteiger partial charge in [-0.2, -0.15) is 22.0 Å². The average Bonchev–Trinajstić information content (AvgIpc) is 2.93. The molecule has 0 aliphatic heterocycles. The molecule has 0 bridgehead atoms. The van der Waals surface area contributed by atoms with Gasteiger partial charge in [-0.1, -0.05) is 30.3 Å². The van der Waals surface area contributed by atoms with Crippen molar-refractivity contribution >= 4 is 11.4 Å². The Morgan fingerprint density at radius 2 is 0.902 bits per heavy atom. The van der Waals surface area contributed by atoms with E-state index in [0.717, 1.165) is 78.9 Å². The molecular weight excluding hydrogens is 562 g/mol. The molecule has 41 heavy (non-hydrogen) atoms. The van der Waals surface area contributed by atoms with Gasteiger partial charge in [0.25, 0.3) is 11.4 Å². The predicted octanol–water partition coefficient (Wildman–Crippen LogP) is 8.61. The molecule has 1 atom stereocenters. The summed E-state index contributed by atoms with van der Waals surface area (Å²) in [6, 6.07) is 14.9. The van der Waals surface area contributed by atoms with E-state index in [2.05, 4.69) is 0 Å². The van der Waals surface area contributed by atoms with Gasteiger partial charge in [-0.05, 0) is 42.5 Å². The van der Waals surface area contributed by atoms with E-state index < -0.39 is 50.2 Å². The Hall–Kier alpha value is -5.14. The van der Waals surface area contributed by atoms with Crippen molar-refractivity contribution in [2.24, 2.45) is 0 Å². The van der Waals surface area contributed by atoms with Gasteiger partial charge >= 0.3 is 17.8 Å². The minimum atomic E-state index is -6.20. The molecule has 0 amide bonds. The molecule has 0 aliphatic rings. The standard InChI is InChI=1S/C27H16F6N2O6/c28-25(27(31,32)33,21-5-1-3-7-23(21)40-19-13-9-17(10-14-19)34(36)37)26(29,30)22-6-2-4-8-24(22)41-20-15-11-18(12-16-20)35(38)39/h1-16H. The van der Waals surface area contributed by atoms with Crippen molar-refractivity contribution in [3.05, 3.63) is 128 Å². The van der Waals surface area contributed by atoms with Gasteiger partial charge in [-0.15, -0.1) is 0 Å². The van der Waals surface area contributed by atoms with Crippen LogP contribution in [0, 0.1) is 20.2 Å². The molecule has 0 fully saturated rings. The van der Waals surface area contributed by atoms with Gasteiger partial charge in [-0.25, -0.2) is 4.39 Å². The maximum Gasteiger partial charge on any atom is 0.433 e. The van der Waals surface area contributed by atoms with E-state index in [1.54, 1.807) is 0 Å². The number of para-hydroxylation sites is 2. The fourth-order valence-corrected chi connectivity index (χ4v) is 3.87. The Morgan fingerprint density at radius 3 is 1.29 bits per heavy atom. The van der Waals surface area contributed by atoms with Crippen molar-refractivity contribution in [2.45, 2.75) is 17.8 Å². The SMILES string of the molecule is O=[N+]([O-])c1ccc(Oc2ccccc2C(F)(F)C(F)(c2ccccc2Oc2ccc([N+](=O)[O-])cc2)C(F)(F)F)cc1. The summed E-state index contributed by atoms with van der Waals surface area (Å²) in [5.41, 5.74) is -9.14. The van der Waals surface area contributed by atoms with Crippen LogP contribution >= 0.6 is 0 Å². The number of hydrogen-bond donors (Lipinski definition) is 0. The van der Waals surface area contributed by atoms with Crippen molar-refractivity contribution in [1.82, 2.24) is 0 Å². The first-order valence-corrected chi connectivity index (χ1v) is 11.4. The molecule has 1 unspecified atom stereocenters. The van der Waals surface area contributed by atoms with Crippen LogP contribution in [0.25, 0.3) is 0 Å². The fraction of sp³-hybridized carbons (Fsp3) is 0.111. The largest absolute Gasteiger partial charge is 0.457 e. The Labute approximate surface area is 226 Å². The van der Waals surface area contributed by atoms with E-state index >= 15 is 13.2 Å². The Kier molecular flexibility index (Phi) is 7.59. The summed E-state index contributed by atoms with van der Waals surface area (Å²) in [6.45, 7) is 0. The minimum Gasteiger partial charge on any atom is -0.457 e. The second kappa shape index (κ2) is 10.8. The zero-order valence-electron chi connectivity index (χ0n) is 20.3. The second-order valence-corrected chi connectivity index (χ2v) is 8.43. The lowest BCUT2D eigenvalue weighted by Gasteiger charge is -2.36. The number of alkyl halides is 6. The lowest BCUT2D eigenvalue weighted by Crippen LogP contribution is -2.51. The number of rotatable bonds is 9. The summed E-state index contributed by atoms with van der Waals surface area (Å²) in [5, 5.41) is 21.7. The first kappa shape index (κ1) is 28.9. The smallest absolute Gasteiger partial charge is 0.433 e. The molecule has 0 saturated heterocycles. The first-order chi connectivity index (χ1) is 19.3. The number of ether oxygens (including phenoxy) is 2. The summed E-state index contributed by atoms with van der Waals surface area (Å²) in [4.78, 5) is 20.2. The third-order valence-corrected chi connectivity index (χ3v) is 5.86. The van der Waals surface area contributed by atoms with Crippen molar-refractivity contribution < 1.29 is 45.7 Å². The summed E-state index contributed by atoms with van der Waals surface area (Å²) in [6.07, 6.45) is -6.20. The maximum atomic E-state index is 16.3. The molecule has 212 valence electrons. The average molecular weight is 578 g/mol. The van der Waals surface area contributed by atoms with E-state index in [1.165, 1.54) is 6.07 Å². The second-order valence-electron chi connectivity index (χ2n) is 8.43. The van der Waals surface area contributed by atoms with Gasteiger partial charge in [0.05, 0.1) is 15.4 Å². The zero-order valence-corrected chi connectivity index (χ0v) is 20.3. The Balaban J connectivity index is 1.80. The van der Waals surface area contributed by atoms with Gasteiger partial charge in [0.2, 0.25) is 0 Å². The molecule has 14 heteroatoms. The van der Waals surface area contributed by atoms with Crippen LogP contribution in [0.4, 0.5) is 37.7 Å². The molecule has 0 spiro atoms. The maximum absolute atomic E-state index is 16.3. The van der Waals surface area contributed by atoms with E-state index in [4.69, 9.17) is 9.47 Å². The quantitative estimate of drug-likeness (QED) is 0.112. The number of halogens is 6. The van der Waals surface area contributed by atoms with E-state index in [9.17, 15) is 33.4 Å². The van der Waals surface area contributed by atoms with Crippen molar-refractivity contribution in [2.75, 3.05) is 0 Å². The highest BCUT2D eigenvalue weighted by Crippen LogP contribution is 2.60. The molecular formula is C27H16F6N2O6. The van der Waals surface area contributed by atoms with Crippen LogP contribution in [0.3, 0.4) is 0 Å². The highest BCUT2D eigenvalue weighted by Gasteiger charge is 2.74. The van der Waals surface area contributed by atoms with Crippen molar-refractivity contribution in [3.63, 3.8) is 0 Å². The number of non-ortho nitro benzene ring substituents is 2. The van der Waals surface area contributed by atoms with Crippen LogP contribution in [-0.4, -0.2) is 16.0 Å². The topological polar surface area (TPSA) is 105 Å². The van der Waals surface area contributed by atoms with Crippen LogP contribution in [0.15, 0.2) is 97.1 Å². The number of nitro benzene ring substituents is 2. The summed E-state index contributed by atoms with van der Waals surface area (Å²) in [7, 11) is 0. The van der Waals surface area contributed by atoms with Gasteiger partial charge in [0.15, 0.2) is 0 Å². The monoisotopic (exact) mass is 578 g/mol. The third-order valence-electron chi connectivity index (χ3n) is 5.86. The first-order valence-electron chi connectivity index (χ1n) is 11.4. The zero-order chi connectivity index (χ0) is 30.0. The number of benzene rings is 4. The number of hydrogen-bond acceptors (Lipinski definition) is 6.